The van der Waals surface area contributed by atoms with Crippen LogP contribution in [0.1, 0.15) is 24.9 Å². The molecular formula is C12H13FN2OS. The predicted octanol–water partition coefficient (Wildman–Crippen LogP) is 2.19. The Hall–Kier alpha value is -1.36. The number of hydrogen-bond donors (Lipinski definition) is 1. The van der Waals surface area contributed by atoms with Crippen LogP contribution in [0.15, 0.2) is 18.2 Å². The van der Waals surface area contributed by atoms with E-state index in [2.05, 4.69) is 5.32 Å². The minimum atomic E-state index is -0.447. The van der Waals surface area contributed by atoms with Crippen LogP contribution in [-0.4, -0.2) is 22.8 Å². The number of rotatable bonds is 0. The van der Waals surface area contributed by atoms with E-state index in [9.17, 15) is 4.39 Å². The molecule has 2 heterocycles. The Morgan fingerprint density at radius 1 is 1.59 bits per heavy atom. The third kappa shape index (κ3) is 1.49. The average molecular weight is 252 g/mol. The molecule has 5 heteroatoms. The number of thiocarbonyl (C=S) groups is 1. The van der Waals surface area contributed by atoms with Gasteiger partial charge in [-0.2, -0.15) is 0 Å². The summed E-state index contributed by atoms with van der Waals surface area (Å²) in [7, 11) is 1.90. The number of ether oxygens (including phenoxy) is 1. The van der Waals surface area contributed by atoms with Crippen molar-refractivity contribution >= 4 is 17.3 Å². The zero-order valence-corrected chi connectivity index (χ0v) is 10.5. The molecule has 0 aromatic heterocycles. The molecule has 1 N–H and O–H groups in total. The average Bonchev–Trinajstić information content (AvgIpc) is 2.27. The Labute approximate surface area is 105 Å². The molecule has 17 heavy (non-hydrogen) atoms. The molecule has 2 bridgehead atoms. The molecule has 1 aromatic rings. The molecule has 2 aliphatic heterocycles. The largest absolute Gasteiger partial charge is 0.468 e. The monoisotopic (exact) mass is 252 g/mol. The summed E-state index contributed by atoms with van der Waals surface area (Å²) in [6.07, 6.45) is 0.750. The van der Waals surface area contributed by atoms with Crippen LogP contribution in [0.2, 0.25) is 0 Å². The number of nitrogens with one attached hydrogen (secondary N) is 1. The maximum absolute atomic E-state index is 13.3. The minimum Gasteiger partial charge on any atom is -0.468 e. The summed E-state index contributed by atoms with van der Waals surface area (Å²) in [6, 6.07) is 4.64. The fraction of sp³-hybridized carbons (Fsp3) is 0.417. The molecule has 3 rings (SSSR count). The van der Waals surface area contributed by atoms with E-state index in [0.29, 0.717) is 5.11 Å². The van der Waals surface area contributed by atoms with Crippen molar-refractivity contribution in [1.29, 1.82) is 0 Å². The van der Waals surface area contributed by atoms with Crippen molar-refractivity contribution in [3.05, 3.63) is 29.6 Å². The van der Waals surface area contributed by atoms with E-state index in [-0.39, 0.29) is 11.9 Å². The van der Waals surface area contributed by atoms with E-state index < -0.39 is 5.72 Å². The van der Waals surface area contributed by atoms with E-state index in [1.165, 1.54) is 12.1 Å². The third-order valence-corrected chi connectivity index (χ3v) is 3.96. The van der Waals surface area contributed by atoms with Crippen LogP contribution in [0.4, 0.5) is 4.39 Å². The highest BCUT2D eigenvalue weighted by molar-refractivity contribution is 7.80. The lowest BCUT2D eigenvalue weighted by Crippen LogP contribution is -2.63. The molecule has 2 unspecified atom stereocenters. The first kappa shape index (κ1) is 10.8. The van der Waals surface area contributed by atoms with Gasteiger partial charge in [0.2, 0.25) is 0 Å². The van der Waals surface area contributed by atoms with Gasteiger partial charge in [-0.15, -0.1) is 0 Å². The van der Waals surface area contributed by atoms with Crippen LogP contribution < -0.4 is 10.1 Å². The third-order valence-electron chi connectivity index (χ3n) is 3.57. The van der Waals surface area contributed by atoms with Gasteiger partial charge in [0.1, 0.15) is 11.6 Å². The number of fused-ring (bicyclic) bond motifs is 4. The summed E-state index contributed by atoms with van der Waals surface area (Å²) < 4.78 is 19.2. The lowest BCUT2D eigenvalue weighted by Gasteiger charge is -2.50. The first-order valence-electron chi connectivity index (χ1n) is 5.52. The van der Waals surface area contributed by atoms with Crippen LogP contribution in [0.5, 0.6) is 5.75 Å². The molecule has 0 amide bonds. The van der Waals surface area contributed by atoms with Crippen LogP contribution in [0, 0.1) is 5.82 Å². The van der Waals surface area contributed by atoms with Crippen LogP contribution >= 0.6 is 12.2 Å². The Bertz CT molecular complexity index is 507. The summed E-state index contributed by atoms with van der Waals surface area (Å²) >= 11 is 5.26. The molecule has 0 radical (unpaired) electrons. The zero-order chi connectivity index (χ0) is 12.2. The molecule has 0 saturated carbocycles. The van der Waals surface area contributed by atoms with Crippen molar-refractivity contribution in [3.63, 3.8) is 0 Å². The highest BCUT2D eigenvalue weighted by Gasteiger charge is 2.45. The number of nitrogens with zero attached hydrogens (tertiary/aromatic N) is 1. The molecule has 2 atom stereocenters. The standard InChI is InChI=1S/C12H13FN2OS/c1-12-6-9(14-11(17)15(12)2)8-5-7(13)3-4-10(8)16-12/h3-5,9H,6H2,1-2H3,(H,14,17). The molecule has 90 valence electrons. The van der Waals surface area contributed by atoms with Gasteiger partial charge >= 0.3 is 0 Å². The maximum Gasteiger partial charge on any atom is 0.183 e. The van der Waals surface area contributed by atoms with Gasteiger partial charge in [-0.3, -0.25) is 0 Å². The fourth-order valence-corrected chi connectivity index (χ4v) is 2.78. The molecule has 0 spiro atoms. The van der Waals surface area contributed by atoms with E-state index in [0.717, 1.165) is 17.7 Å². The molecule has 1 aromatic carbocycles. The predicted molar refractivity (Wildman–Crippen MR) is 66.3 cm³/mol. The van der Waals surface area contributed by atoms with Gasteiger partial charge in [-0.1, -0.05) is 0 Å². The van der Waals surface area contributed by atoms with Crippen molar-refractivity contribution in [2.75, 3.05) is 7.05 Å². The van der Waals surface area contributed by atoms with Crippen molar-refractivity contribution in [3.8, 4) is 5.75 Å². The Balaban J connectivity index is 2.11. The molecule has 1 fully saturated rings. The van der Waals surface area contributed by atoms with E-state index >= 15 is 0 Å². The van der Waals surface area contributed by atoms with Gasteiger partial charge in [0.25, 0.3) is 0 Å². The number of halogens is 1. The van der Waals surface area contributed by atoms with Crippen molar-refractivity contribution in [2.24, 2.45) is 0 Å². The summed E-state index contributed by atoms with van der Waals surface area (Å²) in [5, 5.41) is 3.85. The van der Waals surface area contributed by atoms with Crippen molar-refractivity contribution in [2.45, 2.75) is 25.1 Å². The molecule has 1 saturated heterocycles. The first-order chi connectivity index (χ1) is 7.99. The number of benzene rings is 1. The Morgan fingerprint density at radius 2 is 2.35 bits per heavy atom. The highest BCUT2D eigenvalue weighted by Crippen LogP contribution is 2.43. The van der Waals surface area contributed by atoms with E-state index in [1.54, 1.807) is 6.07 Å². The van der Waals surface area contributed by atoms with Gasteiger partial charge in [-0.05, 0) is 37.3 Å². The van der Waals surface area contributed by atoms with Crippen LogP contribution in [-0.2, 0) is 0 Å². The highest BCUT2D eigenvalue weighted by atomic mass is 32.1. The van der Waals surface area contributed by atoms with Gasteiger partial charge in [0.05, 0.1) is 6.04 Å². The number of hydrogen-bond acceptors (Lipinski definition) is 2. The Morgan fingerprint density at radius 3 is 3.12 bits per heavy atom. The Kier molecular flexibility index (Phi) is 2.10. The van der Waals surface area contributed by atoms with Crippen molar-refractivity contribution in [1.82, 2.24) is 10.2 Å². The second kappa shape index (κ2) is 3.32. The lowest BCUT2D eigenvalue weighted by atomic mass is 9.91. The summed E-state index contributed by atoms with van der Waals surface area (Å²) in [6.45, 7) is 2.00. The topological polar surface area (TPSA) is 24.5 Å². The summed E-state index contributed by atoms with van der Waals surface area (Å²) in [5.41, 5.74) is 0.399. The van der Waals surface area contributed by atoms with Gasteiger partial charge in [0, 0.05) is 19.0 Å². The van der Waals surface area contributed by atoms with Crippen molar-refractivity contribution < 1.29 is 9.13 Å². The lowest BCUT2D eigenvalue weighted by molar-refractivity contribution is -0.0563. The molecule has 0 aliphatic carbocycles. The maximum atomic E-state index is 13.3. The normalized spacial score (nSPS) is 30.4. The first-order valence-corrected chi connectivity index (χ1v) is 5.93. The van der Waals surface area contributed by atoms with E-state index in [1.807, 2.05) is 18.9 Å². The van der Waals surface area contributed by atoms with E-state index in [4.69, 9.17) is 17.0 Å². The molecular weight excluding hydrogens is 239 g/mol. The van der Waals surface area contributed by atoms with Crippen LogP contribution in [0.3, 0.4) is 0 Å². The van der Waals surface area contributed by atoms with Crippen LogP contribution in [0.25, 0.3) is 0 Å². The quantitative estimate of drug-likeness (QED) is 0.715. The summed E-state index contributed by atoms with van der Waals surface area (Å²) in [5.74, 6) is 0.481. The second-order valence-electron chi connectivity index (χ2n) is 4.72. The summed E-state index contributed by atoms with van der Waals surface area (Å²) in [4.78, 5) is 1.91. The minimum absolute atomic E-state index is 0.0307. The second-order valence-corrected chi connectivity index (χ2v) is 5.11. The molecule has 2 aliphatic rings. The fourth-order valence-electron chi connectivity index (χ4n) is 2.45. The van der Waals surface area contributed by atoms with Gasteiger partial charge in [-0.25, -0.2) is 4.39 Å². The van der Waals surface area contributed by atoms with Gasteiger partial charge < -0.3 is 15.0 Å². The smallest absolute Gasteiger partial charge is 0.183 e. The molecule has 3 nitrogen and oxygen atoms in total. The zero-order valence-electron chi connectivity index (χ0n) is 9.66. The van der Waals surface area contributed by atoms with Gasteiger partial charge in [0.15, 0.2) is 10.8 Å². The SMILES string of the molecule is CN1C(=S)NC2CC1(C)Oc1ccc(F)cc12.